The molecule has 0 atom stereocenters. The molecule has 0 aliphatic heterocycles. The zero-order valence-corrected chi connectivity index (χ0v) is 15.1. The van der Waals surface area contributed by atoms with E-state index in [9.17, 15) is 5.11 Å². The molecule has 28 heavy (non-hydrogen) atoms. The number of fused-ring (bicyclic) bond motifs is 1. The van der Waals surface area contributed by atoms with Crippen molar-refractivity contribution >= 4 is 17.5 Å². The van der Waals surface area contributed by atoms with Crippen LogP contribution in [0, 0.1) is 0 Å². The first-order chi connectivity index (χ1) is 13.8. The van der Waals surface area contributed by atoms with Crippen molar-refractivity contribution in [3.05, 3.63) is 67.0 Å². The normalized spacial score (nSPS) is 11.1. The summed E-state index contributed by atoms with van der Waals surface area (Å²) in [5.41, 5.74) is 2.50. The van der Waals surface area contributed by atoms with Crippen LogP contribution in [0.2, 0.25) is 0 Å². The second-order valence-corrected chi connectivity index (χ2v) is 6.80. The van der Waals surface area contributed by atoms with Gasteiger partial charge in [-0.3, -0.25) is 0 Å². The van der Waals surface area contributed by atoms with Crippen molar-refractivity contribution in [2.45, 2.75) is 10.2 Å². The van der Waals surface area contributed by atoms with Crippen LogP contribution in [0.5, 0.6) is 5.75 Å². The number of tetrazole rings is 1. The lowest BCUT2D eigenvalue weighted by Gasteiger charge is -2.07. The largest absolute Gasteiger partial charge is 0.508 e. The molecule has 0 amide bonds. The third-order valence-corrected chi connectivity index (χ3v) is 4.96. The van der Waals surface area contributed by atoms with E-state index in [2.05, 4.69) is 30.6 Å². The van der Waals surface area contributed by atoms with E-state index in [1.807, 2.05) is 36.4 Å². The van der Waals surface area contributed by atoms with Crippen LogP contribution < -0.4 is 0 Å². The van der Waals surface area contributed by atoms with Gasteiger partial charge in [0.1, 0.15) is 17.1 Å². The highest BCUT2D eigenvalue weighted by Gasteiger charge is 2.15. The van der Waals surface area contributed by atoms with Crippen molar-refractivity contribution in [1.82, 2.24) is 39.8 Å². The molecule has 0 saturated carbocycles. The predicted molar refractivity (Wildman–Crippen MR) is 101 cm³/mol. The van der Waals surface area contributed by atoms with Gasteiger partial charge < -0.3 is 5.11 Å². The number of rotatable bonds is 4. The molecule has 0 spiro atoms. The summed E-state index contributed by atoms with van der Waals surface area (Å²) in [7, 11) is 0. The Kier molecular flexibility index (Phi) is 3.95. The van der Waals surface area contributed by atoms with Gasteiger partial charge in [0.2, 0.25) is 5.16 Å². The van der Waals surface area contributed by atoms with Crippen molar-refractivity contribution in [3.8, 4) is 22.7 Å². The van der Waals surface area contributed by atoms with Crippen molar-refractivity contribution in [2.24, 2.45) is 0 Å². The number of phenols is 1. The predicted octanol–water partition coefficient (Wildman–Crippen LogP) is 2.62. The lowest BCUT2D eigenvalue weighted by atomic mass is 10.1. The molecule has 3 heterocycles. The molecule has 1 N–H and O–H groups in total. The van der Waals surface area contributed by atoms with Crippen molar-refractivity contribution in [1.29, 1.82) is 0 Å². The van der Waals surface area contributed by atoms with E-state index in [1.165, 1.54) is 18.1 Å². The summed E-state index contributed by atoms with van der Waals surface area (Å²) < 4.78 is 3.24. The Morgan fingerprint density at radius 2 is 1.79 bits per heavy atom. The SMILES string of the molecule is Oc1ccc(-n2nnnc2Sc2cc(-c3ccccc3)nc3ncnn23)cc1. The molecule has 0 aliphatic rings. The highest BCUT2D eigenvalue weighted by molar-refractivity contribution is 7.99. The van der Waals surface area contributed by atoms with E-state index < -0.39 is 0 Å². The molecule has 0 saturated heterocycles. The molecule has 10 heteroatoms. The van der Waals surface area contributed by atoms with Gasteiger partial charge in [-0.1, -0.05) is 30.3 Å². The van der Waals surface area contributed by atoms with Crippen LogP contribution >= 0.6 is 11.8 Å². The monoisotopic (exact) mass is 388 g/mol. The summed E-state index contributed by atoms with van der Waals surface area (Å²) in [6.45, 7) is 0. The highest BCUT2D eigenvalue weighted by Crippen LogP contribution is 2.30. The van der Waals surface area contributed by atoms with Crippen LogP contribution in [0.15, 0.2) is 77.2 Å². The first-order valence-electron chi connectivity index (χ1n) is 8.30. The average molecular weight is 388 g/mol. The first-order valence-corrected chi connectivity index (χ1v) is 9.11. The third kappa shape index (κ3) is 2.95. The number of nitrogens with zero attached hydrogens (tertiary/aromatic N) is 8. The second-order valence-electron chi connectivity index (χ2n) is 5.81. The Morgan fingerprint density at radius 1 is 0.964 bits per heavy atom. The molecular weight excluding hydrogens is 376 g/mol. The van der Waals surface area contributed by atoms with E-state index in [1.54, 1.807) is 33.5 Å². The number of phenolic OH excluding ortho intramolecular Hbond substituents is 1. The molecule has 0 radical (unpaired) electrons. The Morgan fingerprint density at radius 3 is 2.61 bits per heavy atom. The molecule has 0 bridgehead atoms. The zero-order chi connectivity index (χ0) is 18.9. The third-order valence-electron chi connectivity index (χ3n) is 4.02. The fourth-order valence-corrected chi connectivity index (χ4v) is 3.59. The summed E-state index contributed by atoms with van der Waals surface area (Å²) in [5, 5.41) is 27.0. The van der Waals surface area contributed by atoms with Crippen molar-refractivity contribution < 1.29 is 5.11 Å². The molecule has 0 fully saturated rings. The smallest absolute Gasteiger partial charge is 0.253 e. The van der Waals surface area contributed by atoms with Gasteiger partial charge in [-0.15, -0.1) is 5.10 Å². The van der Waals surface area contributed by atoms with Crippen LogP contribution in [0.4, 0.5) is 0 Å². The van der Waals surface area contributed by atoms with Crippen molar-refractivity contribution in [3.63, 3.8) is 0 Å². The van der Waals surface area contributed by atoms with Gasteiger partial charge >= 0.3 is 0 Å². The maximum absolute atomic E-state index is 9.50. The number of aromatic hydroxyl groups is 1. The Labute approximate surface area is 162 Å². The maximum Gasteiger partial charge on any atom is 0.253 e. The lowest BCUT2D eigenvalue weighted by Crippen LogP contribution is -2.01. The maximum atomic E-state index is 9.50. The molecule has 5 rings (SSSR count). The van der Waals surface area contributed by atoms with Crippen LogP contribution in [0.25, 0.3) is 22.7 Å². The fourth-order valence-electron chi connectivity index (χ4n) is 2.71. The number of hydrogen-bond donors (Lipinski definition) is 1. The molecule has 136 valence electrons. The number of hydrogen-bond acceptors (Lipinski definition) is 8. The first kappa shape index (κ1) is 16.4. The molecule has 0 unspecified atom stereocenters. The van der Waals surface area contributed by atoms with Gasteiger partial charge in [-0.05, 0) is 52.5 Å². The van der Waals surface area contributed by atoms with Gasteiger partial charge in [0.05, 0.1) is 11.4 Å². The van der Waals surface area contributed by atoms with E-state index >= 15 is 0 Å². The molecule has 2 aromatic carbocycles. The second kappa shape index (κ2) is 6.74. The minimum absolute atomic E-state index is 0.178. The average Bonchev–Trinajstić information content (AvgIpc) is 3.39. The minimum atomic E-state index is 0.178. The number of benzene rings is 2. The molecule has 0 aliphatic carbocycles. The summed E-state index contributed by atoms with van der Waals surface area (Å²) >= 11 is 1.35. The summed E-state index contributed by atoms with van der Waals surface area (Å²) in [6, 6.07) is 18.4. The van der Waals surface area contributed by atoms with Crippen LogP contribution in [0.1, 0.15) is 0 Å². The minimum Gasteiger partial charge on any atom is -0.508 e. The van der Waals surface area contributed by atoms with Gasteiger partial charge in [0.25, 0.3) is 5.78 Å². The zero-order valence-electron chi connectivity index (χ0n) is 14.3. The van der Waals surface area contributed by atoms with Gasteiger partial charge in [0, 0.05) is 5.56 Å². The Balaban J connectivity index is 1.59. The summed E-state index contributed by atoms with van der Waals surface area (Å²) in [4.78, 5) is 8.80. The molecule has 9 nitrogen and oxygen atoms in total. The molecular formula is C18H12N8OS. The Hall–Kier alpha value is -3.79. The fraction of sp³-hybridized carbons (Fsp3) is 0. The van der Waals surface area contributed by atoms with Crippen LogP contribution in [-0.2, 0) is 0 Å². The van der Waals surface area contributed by atoms with E-state index in [0.29, 0.717) is 10.9 Å². The molecule has 5 aromatic rings. The van der Waals surface area contributed by atoms with Gasteiger partial charge in [0.15, 0.2) is 0 Å². The van der Waals surface area contributed by atoms with Gasteiger partial charge in [-0.2, -0.15) is 19.3 Å². The Bertz CT molecular complexity index is 1250. The van der Waals surface area contributed by atoms with Crippen LogP contribution in [-0.4, -0.2) is 44.9 Å². The highest BCUT2D eigenvalue weighted by atomic mass is 32.2. The van der Waals surface area contributed by atoms with E-state index in [0.717, 1.165) is 22.0 Å². The van der Waals surface area contributed by atoms with Gasteiger partial charge in [-0.25, -0.2) is 4.98 Å². The lowest BCUT2D eigenvalue weighted by molar-refractivity contribution is 0.475. The summed E-state index contributed by atoms with van der Waals surface area (Å²) in [6.07, 6.45) is 1.46. The molecule has 3 aromatic heterocycles. The summed E-state index contributed by atoms with van der Waals surface area (Å²) in [5.74, 6) is 0.671. The van der Waals surface area contributed by atoms with E-state index in [-0.39, 0.29) is 5.75 Å². The quantitative estimate of drug-likeness (QED) is 0.468. The van der Waals surface area contributed by atoms with E-state index in [4.69, 9.17) is 0 Å². The van der Waals surface area contributed by atoms with Crippen molar-refractivity contribution in [2.75, 3.05) is 0 Å². The van der Waals surface area contributed by atoms with Crippen LogP contribution in [0.3, 0.4) is 0 Å². The standard InChI is InChI=1S/C18H12N8OS/c27-14-8-6-13(7-9-14)25-18(22-23-24-25)28-16-10-15(12-4-2-1-3-5-12)21-17-19-11-20-26(16)17/h1-11,27H. The number of aromatic nitrogens is 8. The topological polar surface area (TPSA) is 107 Å².